The van der Waals surface area contributed by atoms with E-state index in [1.54, 1.807) is 0 Å². The lowest BCUT2D eigenvalue weighted by atomic mass is 9.99. The van der Waals surface area contributed by atoms with Crippen LogP contribution in [0.15, 0.2) is 24.3 Å². The first-order valence-corrected chi connectivity index (χ1v) is 7.79. The molecule has 1 aromatic rings. The Morgan fingerprint density at radius 1 is 1.26 bits per heavy atom. The van der Waals surface area contributed by atoms with E-state index in [0.717, 1.165) is 6.54 Å². The molecule has 2 N–H and O–H groups in total. The van der Waals surface area contributed by atoms with Crippen molar-refractivity contribution in [3.05, 3.63) is 35.4 Å². The first-order valence-electron chi connectivity index (χ1n) is 7.79. The minimum atomic E-state index is 0.149. The summed E-state index contributed by atoms with van der Waals surface area (Å²) < 4.78 is 0. The molecule has 1 saturated heterocycles. The number of hydrogen-bond acceptors (Lipinski definition) is 2. The topological polar surface area (TPSA) is 29.3 Å². The third-order valence-corrected chi connectivity index (χ3v) is 4.32. The van der Waals surface area contributed by atoms with Crippen LogP contribution in [-0.4, -0.2) is 24.0 Å². The molecule has 0 amide bonds. The standard InChI is InChI=1S/C17H28N2/c1-3-6-15-8-10-16(11-9-15)17(18)13-19-12-5-4-7-14(19)2/h8-11,14,17H,3-7,12-13,18H2,1-2H3. The molecule has 2 rings (SSSR count). The smallest absolute Gasteiger partial charge is 0.0424 e. The Hall–Kier alpha value is -0.860. The third-order valence-electron chi connectivity index (χ3n) is 4.32. The molecule has 2 heteroatoms. The second-order valence-electron chi connectivity index (χ2n) is 5.94. The van der Waals surface area contributed by atoms with E-state index in [-0.39, 0.29) is 6.04 Å². The van der Waals surface area contributed by atoms with Gasteiger partial charge in [0.2, 0.25) is 0 Å². The van der Waals surface area contributed by atoms with Gasteiger partial charge in [-0.15, -0.1) is 0 Å². The molecule has 2 unspecified atom stereocenters. The van der Waals surface area contributed by atoms with Gasteiger partial charge >= 0.3 is 0 Å². The molecule has 1 aliphatic rings. The predicted molar refractivity (Wildman–Crippen MR) is 82.3 cm³/mol. The van der Waals surface area contributed by atoms with Crippen molar-refractivity contribution in [1.29, 1.82) is 0 Å². The van der Waals surface area contributed by atoms with Gasteiger partial charge in [-0.25, -0.2) is 0 Å². The lowest BCUT2D eigenvalue weighted by molar-refractivity contribution is 0.151. The molecule has 0 saturated carbocycles. The molecule has 19 heavy (non-hydrogen) atoms. The largest absolute Gasteiger partial charge is 0.323 e. The average Bonchev–Trinajstić information content (AvgIpc) is 2.42. The van der Waals surface area contributed by atoms with Gasteiger partial charge in [-0.3, -0.25) is 4.90 Å². The summed E-state index contributed by atoms with van der Waals surface area (Å²) >= 11 is 0. The van der Waals surface area contributed by atoms with Crippen LogP contribution in [0, 0.1) is 0 Å². The number of nitrogens with two attached hydrogens (primary N) is 1. The van der Waals surface area contributed by atoms with Crippen LogP contribution >= 0.6 is 0 Å². The van der Waals surface area contributed by atoms with Crippen LogP contribution in [-0.2, 0) is 6.42 Å². The Kier molecular flexibility index (Phi) is 5.41. The molecule has 1 fully saturated rings. The van der Waals surface area contributed by atoms with Crippen molar-refractivity contribution in [3.63, 3.8) is 0 Å². The molecule has 2 nitrogen and oxygen atoms in total. The number of rotatable bonds is 5. The zero-order valence-corrected chi connectivity index (χ0v) is 12.4. The van der Waals surface area contributed by atoms with Gasteiger partial charge < -0.3 is 5.73 Å². The highest BCUT2D eigenvalue weighted by atomic mass is 15.2. The highest BCUT2D eigenvalue weighted by Gasteiger charge is 2.20. The van der Waals surface area contributed by atoms with Crippen molar-refractivity contribution in [1.82, 2.24) is 4.90 Å². The maximum absolute atomic E-state index is 6.37. The van der Waals surface area contributed by atoms with Gasteiger partial charge in [-0.1, -0.05) is 44.0 Å². The first kappa shape index (κ1) is 14.5. The maximum atomic E-state index is 6.37. The number of piperidine rings is 1. The molecule has 0 aromatic heterocycles. The molecule has 0 radical (unpaired) electrons. The van der Waals surface area contributed by atoms with Gasteiger partial charge in [-0.2, -0.15) is 0 Å². The summed E-state index contributed by atoms with van der Waals surface area (Å²) in [6, 6.07) is 9.74. The van der Waals surface area contributed by atoms with Gasteiger partial charge in [-0.05, 0) is 43.9 Å². The van der Waals surface area contributed by atoms with Crippen LogP contribution in [0.2, 0.25) is 0 Å². The highest BCUT2D eigenvalue weighted by Crippen LogP contribution is 2.20. The normalized spacial score (nSPS) is 22.4. The zero-order valence-electron chi connectivity index (χ0n) is 12.4. The van der Waals surface area contributed by atoms with E-state index in [1.165, 1.54) is 49.8 Å². The van der Waals surface area contributed by atoms with Crippen molar-refractivity contribution in [2.24, 2.45) is 5.73 Å². The lowest BCUT2D eigenvalue weighted by Crippen LogP contribution is -2.41. The van der Waals surface area contributed by atoms with Crippen LogP contribution in [0.5, 0.6) is 0 Å². The molecule has 0 bridgehead atoms. The summed E-state index contributed by atoms with van der Waals surface area (Å²) in [6.45, 7) is 6.75. The molecule has 1 heterocycles. The van der Waals surface area contributed by atoms with Crippen LogP contribution in [0.3, 0.4) is 0 Å². The zero-order chi connectivity index (χ0) is 13.7. The van der Waals surface area contributed by atoms with Gasteiger partial charge in [0.25, 0.3) is 0 Å². The van der Waals surface area contributed by atoms with Crippen molar-refractivity contribution >= 4 is 0 Å². The van der Waals surface area contributed by atoms with Crippen LogP contribution in [0.25, 0.3) is 0 Å². The van der Waals surface area contributed by atoms with Crippen LogP contribution in [0.4, 0.5) is 0 Å². The fourth-order valence-electron chi connectivity index (χ4n) is 3.01. The van der Waals surface area contributed by atoms with E-state index in [0.29, 0.717) is 6.04 Å². The number of aryl methyl sites for hydroxylation is 1. The Bertz CT molecular complexity index is 371. The Morgan fingerprint density at radius 2 is 2.00 bits per heavy atom. The Morgan fingerprint density at radius 3 is 2.63 bits per heavy atom. The monoisotopic (exact) mass is 260 g/mol. The summed E-state index contributed by atoms with van der Waals surface area (Å²) in [5.74, 6) is 0. The average molecular weight is 260 g/mol. The minimum Gasteiger partial charge on any atom is -0.323 e. The maximum Gasteiger partial charge on any atom is 0.0424 e. The van der Waals surface area contributed by atoms with Crippen molar-refractivity contribution < 1.29 is 0 Å². The van der Waals surface area contributed by atoms with Crippen LogP contribution in [0.1, 0.15) is 56.7 Å². The van der Waals surface area contributed by atoms with E-state index in [1.807, 2.05) is 0 Å². The van der Waals surface area contributed by atoms with E-state index in [9.17, 15) is 0 Å². The van der Waals surface area contributed by atoms with Crippen LogP contribution < -0.4 is 5.73 Å². The molecule has 1 aromatic carbocycles. The predicted octanol–water partition coefficient (Wildman–Crippen LogP) is 3.51. The number of likely N-dealkylation sites (tertiary alicyclic amines) is 1. The molecule has 1 aliphatic heterocycles. The number of benzene rings is 1. The third kappa shape index (κ3) is 4.05. The second-order valence-corrected chi connectivity index (χ2v) is 5.94. The minimum absolute atomic E-state index is 0.149. The van der Waals surface area contributed by atoms with Crippen molar-refractivity contribution in [3.8, 4) is 0 Å². The Labute approximate surface area is 118 Å². The molecule has 106 valence electrons. The number of nitrogens with zero attached hydrogens (tertiary/aromatic N) is 1. The van der Waals surface area contributed by atoms with Gasteiger partial charge in [0.05, 0.1) is 0 Å². The molecular weight excluding hydrogens is 232 g/mol. The summed E-state index contributed by atoms with van der Waals surface area (Å²) in [5.41, 5.74) is 9.07. The van der Waals surface area contributed by atoms with E-state index in [2.05, 4.69) is 43.0 Å². The van der Waals surface area contributed by atoms with Gasteiger partial charge in [0, 0.05) is 18.6 Å². The lowest BCUT2D eigenvalue weighted by Gasteiger charge is -2.35. The quantitative estimate of drug-likeness (QED) is 0.878. The summed E-state index contributed by atoms with van der Waals surface area (Å²) in [6.07, 6.45) is 6.39. The van der Waals surface area contributed by atoms with Gasteiger partial charge in [0.1, 0.15) is 0 Å². The second kappa shape index (κ2) is 7.06. The molecule has 0 spiro atoms. The van der Waals surface area contributed by atoms with Gasteiger partial charge in [0.15, 0.2) is 0 Å². The summed E-state index contributed by atoms with van der Waals surface area (Å²) in [4.78, 5) is 2.55. The molecular formula is C17H28N2. The number of hydrogen-bond donors (Lipinski definition) is 1. The first-order chi connectivity index (χ1) is 9.20. The van der Waals surface area contributed by atoms with E-state index >= 15 is 0 Å². The fraction of sp³-hybridized carbons (Fsp3) is 0.647. The van der Waals surface area contributed by atoms with Crippen molar-refractivity contribution in [2.75, 3.05) is 13.1 Å². The SMILES string of the molecule is CCCc1ccc(C(N)CN2CCCCC2C)cc1. The summed E-state index contributed by atoms with van der Waals surface area (Å²) in [5, 5.41) is 0. The van der Waals surface area contributed by atoms with E-state index in [4.69, 9.17) is 5.73 Å². The fourth-order valence-corrected chi connectivity index (χ4v) is 3.01. The molecule has 2 atom stereocenters. The highest BCUT2D eigenvalue weighted by molar-refractivity contribution is 5.25. The summed E-state index contributed by atoms with van der Waals surface area (Å²) in [7, 11) is 0. The van der Waals surface area contributed by atoms with Crippen molar-refractivity contribution in [2.45, 2.75) is 58.0 Å². The Balaban J connectivity index is 1.93. The molecule has 0 aliphatic carbocycles. The van der Waals surface area contributed by atoms with E-state index < -0.39 is 0 Å².